The molecular formula is C14H24IN7O2S2. The number of aromatic nitrogens is 3. The third kappa shape index (κ3) is 6.81. The van der Waals surface area contributed by atoms with Crippen LogP contribution in [0.15, 0.2) is 33.0 Å². The van der Waals surface area contributed by atoms with Crippen LogP contribution in [-0.2, 0) is 23.0 Å². The average Bonchev–Trinajstić information content (AvgIpc) is 3.28. The van der Waals surface area contributed by atoms with Crippen LogP contribution in [0.1, 0.15) is 12.7 Å². The second-order valence-corrected chi connectivity index (χ2v) is 7.99. The Hall–Kier alpha value is -1.25. The predicted octanol–water partition coefficient (Wildman–Crippen LogP) is 0.663. The lowest BCUT2D eigenvalue weighted by atomic mass is 10.4. The number of guanidine groups is 1. The van der Waals surface area contributed by atoms with Gasteiger partial charge in [0.15, 0.2) is 5.96 Å². The second-order valence-electron chi connectivity index (χ2n) is 5.05. The van der Waals surface area contributed by atoms with Crippen molar-refractivity contribution in [3.63, 3.8) is 0 Å². The molecule has 146 valence electrons. The minimum atomic E-state index is -3.42. The van der Waals surface area contributed by atoms with E-state index in [0.717, 1.165) is 18.8 Å². The van der Waals surface area contributed by atoms with Crippen LogP contribution in [0.25, 0.3) is 0 Å². The molecule has 0 atom stereocenters. The highest BCUT2D eigenvalue weighted by Crippen LogP contribution is 2.14. The van der Waals surface area contributed by atoms with E-state index in [1.807, 2.05) is 11.5 Å². The van der Waals surface area contributed by atoms with Crippen molar-refractivity contribution < 1.29 is 8.42 Å². The molecule has 0 radical (unpaired) electrons. The van der Waals surface area contributed by atoms with Crippen LogP contribution >= 0.6 is 35.3 Å². The van der Waals surface area contributed by atoms with Gasteiger partial charge in [-0.25, -0.2) is 13.1 Å². The van der Waals surface area contributed by atoms with Crippen molar-refractivity contribution in [1.82, 2.24) is 30.1 Å². The first kappa shape index (κ1) is 22.8. The maximum Gasteiger partial charge on any atom is 0.250 e. The van der Waals surface area contributed by atoms with Crippen molar-refractivity contribution in [2.75, 3.05) is 26.7 Å². The Morgan fingerprint density at radius 2 is 2.08 bits per heavy atom. The molecule has 0 unspecified atom stereocenters. The number of thiophene rings is 1. The van der Waals surface area contributed by atoms with Crippen molar-refractivity contribution in [1.29, 1.82) is 0 Å². The average molecular weight is 513 g/mol. The van der Waals surface area contributed by atoms with E-state index in [9.17, 15) is 8.42 Å². The third-order valence-electron chi connectivity index (χ3n) is 3.35. The lowest BCUT2D eigenvalue weighted by Gasteiger charge is -2.13. The van der Waals surface area contributed by atoms with Crippen LogP contribution in [0.4, 0.5) is 0 Å². The van der Waals surface area contributed by atoms with Gasteiger partial charge in [0.25, 0.3) is 0 Å². The summed E-state index contributed by atoms with van der Waals surface area (Å²) < 4.78 is 28.8. The van der Waals surface area contributed by atoms with Crippen LogP contribution in [0.3, 0.4) is 0 Å². The molecule has 3 N–H and O–H groups in total. The Bertz CT molecular complexity index is 775. The number of hydrogen-bond donors (Lipinski definition) is 3. The van der Waals surface area contributed by atoms with Gasteiger partial charge in [-0.3, -0.25) is 4.99 Å². The molecule has 0 aliphatic carbocycles. The zero-order valence-electron chi connectivity index (χ0n) is 14.7. The van der Waals surface area contributed by atoms with E-state index in [-0.39, 0.29) is 30.5 Å². The number of sulfonamides is 1. The van der Waals surface area contributed by atoms with Gasteiger partial charge in [0.2, 0.25) is 10.0 Å². The molecule has 0 amide bonds. The van der Waals surface area contributed by atoms with Gasteiger partial charge in [-0.15, -0.1) is 45.5 Å². The number of rotatable bonds is 9. The first-order chi connectivity index (χ1) is 12.1. The van der Waals surface area contributed by atoms with Crippen molar-refractivity contribution in [2.45, 2.75) is 24.1 Å². The molecule has 26 heavy (non-hydrogen) atoms. The maximum atomic E-state index is 12.0. The summed E-state index contributed by atoms with van der Waals surface area (Å²) in [4.78, 5) is 4.11. The first-order valence-corrected chi connectivity index (χ1v) is 10.3. The third-order valence-corrected chi connectivity index (χ3v) is 6.21. The number of aliphatic imine (C=N–C) groups is 1. The van der Waals surface area contributed by atoms with Crippen molar-refractivity contribution in [3.05, 3.63) is 29.7 Å². The molecule has 0 bridgehead atoms. The summed E-state index contributed by atoms with van der Waals surface area (Å²) in [5.41, 5.74) is 0. The fourth-order valence-electron chi connectivity index (χ4n) is 2.11. The standard InChI is InChI=1S/C14H23N7O2S2.HI/c1-3-12-20-18-11-21(12)9-8-17-14(15-2)16-6-7-19-25(22,23)13-5-4-10-24-13;/h4-5,10-11,19H,3,6-9H2,1-2H3,(H2,15,16,17);1H. The van der Waals surface area contributed by atoms with E-state index in [1.54, 1.807) is 30.9 Å². The molecule has 0 aliphatic heterocycles. The van der Waals surface area contributed by atoms with Gasteiger partial charge < -0.3 is 15.2 Å². The Labute approximate surface area is 174 Å². The summed E-state index contributed by atoms with van der Waals surface area (Å²) in [5, 5.41) is 15.9. The fourth-order valence-corrected chi connectivity index (χ4v) is 4.18. The van der Waals surface area contributed by atoms with Crippen molar-refractivity contribution in [2.24, 2.45) is 4.99 Å². The number of hydrogen-bond acceptors (Lipinski definition) is 6. The topological polar surface area (TPSA) is 113 Å². The Balaban J connectivity index is 0.00000338. The zero-order chi connectivity index (χ0) is 18.1. The smallest absolute Gasteiger partial charge is 0.250 e. The normalized spacial score (nSPS) is 11.8. The van der Waals surface area contributed by atoms with Gasteiger partial charge in [-0.05, 0) is 11.4 Å². The molecule has 12 heteroatoms. The highest BCUT2D eigenvalue weighted by atomic mass is 127. The Kier molecular flexibility index (Phi) is 10.0. The molecule has 0 aromatic carbocycles. The second kappa shape index (κ2) is 11.5. The van der Waals surface area contributed by atoms with E-state index in [2.05, 4.69) is 30.5 Å². The van der Waals surface area contributed by atoms with Gasteiger partial charge in [-0.2, -0.15) is 0 Å². The Morgan fingerprint density at radius 1 is 1.31 bits per heavy atom. The van der Waals surface area contributed by atoms with Gasteiger partial charge in [0.05, 0.1) is 0 Å². The minimum Gasteiger partial charge on any atom is -0.355 e. The molecular weight excluding hydrogens is 489 g/mol. The van der Waals surface area contributed by atoms with E-state index >= 15 is 0 Å². The number of aryl methyl sites for hydroxylation is 1. The SMILES string of the molecule is CCc1nncn1CCNC(=NC)NCCNS(=O)(=O)c1cccs1.I. The molecule has 2 aromatic rings. The molecule has 0 saturated heterocycles. The van der Waals surface area contributed by atoms with Crippen LogP contribution in [0, 0.1) is 0 Å². The van der Waals surface area contributed by atoms with Crippen molar-refractivity contribution in [3.8, 4) is 0 Å². The van der Waals surface area contributed by atoms with Gasteiger partial charge >= 0.3 is 0 Å². The summed E-state index contributed by atoms with van der Waals surface area (Å²) in [5.74, 6) is 1.55. The molecule has 0 saturated carbocycles. The summed E-state index contributed by atoms with van der Waals surface area (Å²) in [6.07, 6.45) is 2.54. The monoisotopic (exact) mass is 513 g/mol. The number of nitrogens with one attached hydrogen (secondary N) is 3. The Morgan fingerprint density at radius 3 is 2.73 bits per heavy atom. The molecule has 2 aromatic heterocycles. The van der Waals surface area contributed by atoms with Crippen LogP contribution < -0.4 is 15.4 Å². The highest BCUT2D eigenvalue weighted by Gasteiger charge is 2.13. The van der Waals surface area contributed by atoms with E-state index in [0.29, 0.717) is 23.3 Å². The number of nitrogens with zero attached hydrogens (tertiary/aromatic N) is 4. The van der Waals surface area contributed by atoms with Gasteiger partial charge in [-0.1, -0.05) is 13.0 Å². The first-order valence-electron chi connectivity index (χ1n) is 7.91. The molecule has 2 rings (SSSR count). The summed E-state index contributed by atoms with van der Waals surface area (Å²) in [6.45, 7) is 4.11. The molecule has 9 nitrogen and oxygen atoms in total. The highest BCUT2D eigenvalue weighted by molar-refractivity contribution is 14.0. The summed E-state index contributed by atoms with van der Waals surface area (Å²) in [7, 11) is -1.76. The van der Waals surface area contributed by atoms with Crippen LogP contribution in [0.2, 0.25) is 0 Å². The predicted molar refractivity (Wildman–Crippen MR) is 114 cm³/mol. The van der Waals surface area contributed by atoms with Gasteiger partial charge in [0.1, 0.15) is 16.4 Å². The largest absolute Gasteiger partial charge is 0.355 e. The number of halogens is 1. The zero-order valence-corrected chi connectivity index (χ0v) is 18.6. The summed E-state index contributed by atoms with van der Waals surface area (Å²) >= 11 is 1.19. The minimum absolute atomic E-state index is 0. The van der Waals surface area contributed by atoms with Crippen LogP contribution in [-0.4, -0.2) is 55.8 Å². The maximum absolute atomic E-state index is 12.0. The van der Waals surface area contributed by atoms with Crippen LogP contribution in [0.5, 0.6) is 0 Å². The lowest BCUT2D eigenvalue weighted by molar-refractivity contribution is 0.582. The van der Waals surface area contributed by atoms with Gasteiger partial charge in [0, 0.05) is 39.6 Å². The molecule has 2 heterocycles. The fraction of sp³-hybridized carbons (Fsp3) is 0.500. The van der Waals surface area contributed by atoms with E-state index in [4.69, 9.17) is 0 Å². The molecule has 0 spiro atoms. The summed E-state index contributed by atoms with van der Waals surface area (Å²) in [6, 6.07) is 3.29. The van der Waals surface area contributed by atoms with E-state index in [1.165, 1.54) is 11.3 Å². The van der Waals surface area contributed by atoms with E-state index < -0.39 is 10.0 Å². The lowest BCUT2D eigenvalue weighted by Crippen LogP contribution is -2.42. The van der Waals surface area contributed by atoms with Crippen molar-refractivity contribution >= 4 is 51.3 Å². The quantitative estimate of drug-likeness (QED) is 0.197. The molecule has 0 aliphatic rings. The molecule has 0 fully saturated rings.